The highest BCUT2D eigenvalue weighted by Crippen LogP contribution is 2.39. The number of benzene rings is 1. The Hall–Kier alpha value is -2.51. The summed E-state index contributed by atoms with van der Waals surface area (Å²) >= 11 is 6.97. The van der Waals surface area contributed by atoms with Gasteiger partial charge in [0.1, 0.15) is 4.83 Å². The van der Waals surface area contributed by atoms with Crippen LogP contribution in [0, 0.1) is 18.6 Å². The maximum atomic E-state index is 6.35. The number of aromatic nitrogens is 4. The Balaban J connectivity index is 1.98. The summed E-state index contributed by atoms with van der Waals surface area (Å²) < 4.78 is 2.46. The van der Waals surface area contributed by atoms with Crippen molar-refractivity contribution >= 4 is 39.5 Å². The van der Waals surface area contributed by atoms with E-state index in [1.807, 2.05) is 22.8 Å². The van der Waals surface area contributed by atoms with Crippen LogP contribution in [0.3, 0.4) is 0 Å². The highest BCUT2D eigenvalue weighted by molar-refractivity contribution is 7.71. The molecule has 5 nitrogen and oxygen atoms in total. The van der Waals surface area contributed by atoms with Crippen LogP contribution in [0.15, 0.2) is 36.5 Å². The first-order chi connectivity index (χ1) is 11.6. The second kappa shape index (κ2) is 5.54. The van der Waals surface area contributed by atoms with Gasteiger partial charge in [0.15, 0.2) is 10.6 Å². The van der Waals surface area contributed by atoms with E-state index < -0.39 is 0 Å². The predicted octanol–water partition coefficient (Wildman–Crippen LogP) is 4.41. The van der Waals surface area contributed by atoms with Gasteiger partial charge in [0.05, 0.1) is 16.3 Å². The number of fused-ring (bicyclic) bond motifs is 1. The Morgan fingerprint density at radius 2 is 2.04 bits per heavy atom. The van der Waals surface area contributed by atoms with E-state index in [0.717, 1.165) is 20.8 Å². The second-order valence-electron chi connectivity index (χ2n) is 5.66. The Morgan fingerprint density at radius 1 is 1.21 bits per heavy atom. The summed E-state index contributed by atoms with van der Waals surface area (Å²) in [6.07, 6.45) is 1.77. The molecule has 1 aromatic carbocycles. The number of nitrogens with two attached hydrogens (primary N) is 1. The van der Waals surface area contributed by atoms with Crippen molar-refractivity contribution in [3.63, 3.8) is 0 Å². The van der Waals surface area contributed by atoms with Gasteiger partial charge in [-0.2, -0.15) is 5.10 Å². The van der Waals surface area contributed by atoms with Crippen molar-refractivity contribution in [1.29, 1.82) is 0 Å². The van der Waals surface area contributed by atoms with Gasteiger partial charge < -0.3 is 5.73 Å². The van der Waals surface area contributed by atoms with Crippen LogP contribution in [-0.2, 0) is 0 Å². The Kier molecular flexibility index (Phi) is 3.47. The molecular formula is C17H15N5S2. The minimum atomic E-state index is 0.540. The van der Waals surface area contributed by atoms with E-state index >= 15 is 0 Å². The van der Waals surface area contributed by atoms with Crippen LogP contribution in [0.25, 0.3) is 26.6 Å². The summed E-state index contributed by atoms with van der Waals surface area (Å²) in [4.78, 5) is 6.15. The summed E-state index contributed by atoms with van der Waals surface area (Å²) in [7, 11) is 0. The van der Waals surface area contributed by atoms with Crippen LogP contribution in [0.5, 0.6) is 0 Å². The lowest BCUT2D eigenvalue weighted by Crippen LogP contribution is -1.99. The highest BCUT2D eigenvalue weighted by atomic mass is 32.1. The molecule has 0 amide bonds. The third kappa shape index (κ3) is 2.24. The number of aryl methyl sites for hydroxylation is 2. The van der Waals surface area contributed by atoms with E-state index in [9.17, 15) is 0 Å². The van der Waals surface area contributed by atoms with Gasteiger partial charge in [-0.25, -0.2) is 4.98 Å². The SMILES string of the molecule is Cc1ccc(-n2c(-c3sc4ncccc4c3N)n[nH]c2=S)cc1C. The number of nitrogens with one attached hydrogen (secondary N) is 1. The monoisotopic (exact) mass is 353 g/mol. The molecule has 0 saturated carbocycles. The van der Waals surface area contributed by atoms with Crippen LogP contribution in [0.4, 0.5) is 5.69 Å². The van der Waals surface area contributed by atoms with Crippen molar-refractivity contribution in [3.8, 4) is 16.4 Å². The smallest absolute Gasteiger partial charge is 0.200 e. The molecule has 0 aliphatic carbocycles. The number of anilines is 1. The van der Waals surface area contributed by atoms with E-state index in [2.05, 4.69) is 41.2 Å². The average molecular weight is 353 g/mol. The number of H-pyrrole nitrogens is 1. The molecule has 0 spiro atoms. The number of rotatable bonds is 2. The van der Waals surface area contributed by atoms with Gasteiger partial charge in [-0.1, -0.05) is 6.07 Å². The van der Waals surface area contributed by atoms with Crippen molar-refractivity contribution in [3.05, 3.63) is 52.4 Å². The predicted molar refractivity (Wildman–Crippen MR) is 101 cm³/mol. The summed E-state index contributed by atoms with van der Waals surface area (Å²) in [5.74, 6) is 0.712. The van der Waals surface area contributed by atoms with E-state index in [1.165, 1.54) is 22.5 Å². The number of aromatic amines is 1. The molecule has 3 aromatic heterocycles. The average Bonchev–Trinajstić information content (AvgIpc) is 3.11. The van der Waals surface area contributed by atoms with Gasteiger partial charge in [0.25, 0.3) is 0 Å². The number of nitrogen functional groups attached to an aromatic ring is 1. The highest BCUT2D eigenvalue weighted by Gasteiger charge is 2.18. The zero-order valence-corrected chi connectivity index (χ0v) is 14.8. The first-order valence-electron chi connectivity index (χ1n) is 7.44. The lowest BCUT2D eigenvalue weighted by Gasteiger charge is -2.08. The Bertz CT molecular complexity index is 1120. The van der Waals surface area contributed by atoms with Crippen LogP contribution >= 0.6 is 23.6 Å². The van der Waals surface area contributed by atoms with Crippen molar-refractivity contribution in [2.75, 3.05) is 5.73 Å². The maximum Gasteiger partial charge on any atom is 0.200 e. The summed E-state index contributed by atoms with van der Waals surface area (Å²) in [5, 5.41) is 8.25. The van der Waals surface area contributed by atoms with E-state index in [0.29, 0.717) is 16.3 Å². The quantitative estimate of drug-likeness (QED) is 0.524. The number of hydrogen-bond acceptors (Lipinski definition) is 5. The van der Waals surface area contributed by atoms with E-state index in [-0.39, 0.29) is 0 Å². The maximum absolute atomic E-state index is 6.35. The van der Waals surface area contributed by atoms with Crippen molar-refractivity contribution in [2.45, 2.75) is 13.8 Å². The molecule has 4 aromatic rings. The van der Waals surface area contributed by atoms with Crippen LogP contribution in [-0.4, -0.2) is 19.7 Å². The molecule has 0 aliphatic heterocycles. The van der Waals surface area contributed by atoms with E-state index in [4.69, 9.17) is 18.0 Å². The molecule has 0 radical (unpaired) electrons. The van der Waals surface area contributed by atoms with Crippen LogP contribution in [0.2, 0.25) is 0 Å². The number of pyridine rings is 1. The molecule has 0 bridgehead atoms. The molecule has 3 N–H and O–H groups in total. The first kappa shape index (κ1) is 15.0. The molecule has 0 aliphatic rings. The Labute approximate surface area is 147 Å². The van der Waals surface area contributed by atoms with E-state index in [1.54, 1.807) is 6.20 Å². The standard InChI is InChI=1S/C17H15N5S2/c1-9-5-6-11(8-10(9)2)22-15(20-21-17(22)23)14-13(18)12-4-3-7-19-16(12)24-14/h3-8H,18H2,1-2H3,(H,21,23). The third-order valence-electron chi connectivity index (χ3n) is 4.13. The number of thiophene rings is 1. The molecule has 3 heterocycles. The Morgan fingerprint density at radius 3 is 2.79 bits per heavy atom. The van der Waals surface area contributed by atoms with Gasteiger partial charge in [0, 0.05) is 11.6 Å². The largest absolute Gasteiger partial charge is 0.397 e. The zero-order chi connectivity index (χ0) is 16.8. The van der Waals surface area contributed by atoms with Crippen LogP contribution in [0.1, 0.15) is 11.1 Å². The fourth-order valence-electron chi connectivity index (χ4n) is 2.67. The molecule has 24 heavy (non-hydrogen) atoms. The zero-order valence-electron chi connectivity index (χ0n) is 13.2. The van der Waals surface area contributed by atoms with Gasteiger partial charge in [-0.05, 0) is 61.5 Å². The molecule has 0 unspecified atom stereocenters. The van der Waals surface area contributed by atoms with Crippen molar-refractivity contribution in [2.24, 2.45) is 0 Å². The topological polar surface area (TPSA) is 72.5 Å². The lowest BCUT2D eigenvalue weighted by atomic mass is 10.1. The molecule has 4 rings (SSSR count). The summed E-state index contributed by atoms with van der Waals surface area (Å²) in [6.45, 7) is 4.17. The summed E-state index contributed by atoms with van der Waals surface area (Å²) in [6, 6.07) is 10.1. The summed E-state index contributed by atoms with van der Waals surface area (Å²) in [5.41, 5.74) is 10.4. The number of nitrogens with zero attached hydrogens (tertiary/aromatic N) is 3. The molecular weight excluding hydrogens is 338 g/mol. The molecule has 0 fully saturated rings. The van der Waals surface area contributed by atoms with Crippen LogP contribution < -0.4 is 5.73 Å². The molecule has 0 saturated heterocycles. The number of hydrogen-bond donors (Lipinski definition) is 2. The van der Waals surface area contributed by atoms with Gasteiger partial charge >= 0.3 is 0 Å². The van der Waals surface area contributed by atoms with Gasteiger partial charge in [-0.15, -0.1) is 11.3 Å². The normalized spacial score (nSPS) is 11.2. The lowest BCUT2D eigenvalue weighted by molar-refractivity contribution is 1.03. The third-order valence-corrected chi connectivity index (χ3v) is 5.53. The minimum absolute atomic E-state index is 0.540. The molecule has 120 valence electrons. The molecule has 0 atom stereocenters. The first-order valence-corrected chi connectivity index (χ1v) is 8.67. The fourth-order valence-corrected chi connectivity index (χ4v) is 3.95. The van der Waals surface area contributed by atoms with Gasteiger partial charge in [-0.3, -0.25) is 9.67 Å². The van der Waals surface area contributed by atoms with Crippen molar-refractivity contribution in [1.82, 2.24) is 19.7 Å². The molecule has 7 heteroatoms. The fraction of sp³-hybridized carbons (Fsp3) is 0.118. The second-order valence-corrected chi connectivity index (χ2v) is 7.04. The van der Waals surface area contributed by atoms with Crippen molar-refractivity contribution < 1.29 is 0 Å². The minimum Gasteiger partial charge on any atom is -0.397 e. The van der Waals surface area contributed by atoms with Gasteiger partial charge in [0.2, 0.25) is 0 Å².